The quantitative estimate of drug-likeness (QED) is 0.310. The molecule has 0 aromatic heterocycles. The van der Waals surface area contributed by atoms with Gasteiger partial charge in [-0.15, -0.1) is 0 Å². The predicted octanol–water partition coefficient (Wildman–Crippen LogP) is 7.58. The Bertz CT molecular complexity index is 1170. The van der Waals surface area contributed by atoms with Crippen LogP contribution in [0.1, 0.15) is 25.0 Å². The van der Waals surface area contributed by atoms with Crippen LogP contribution in [0, 0.1) is 0 Å². The molecule has 0 saturated carbocycles. The topological polar surface area (TPSA) is 0 Å². The summed E-state index contributed by atoms with van der Waals surface area (Å²) in [5.74, 6) is 0. The van der Waals surface area contributed by atoms with Crippen LogP contribution >= 0.6 is 15.9 Å². The lowest BCUT2D eigenvalue weighted by Crippen LogP contribution is -2.14. The number of fused-ring (bicyclic) bond motifs is 4. The van der Waals surface area contributed by atoms with Crippen LogP contribution < -0.4 is 0 Å². The highest BCUT2D eigenvalue weighted by Crippen LogP contribution is 2.49. The Labute approximate surface area is 162 Å². The van der Waals surface area contributed by atoms with E-state index in [2.05, 4.69) is 109 Å². The largest absolute Gasteiger partial charge is 0.0619 e. The smallest absolute Gasteiger partial charge is 0.0181 e. The van der Waals surface area contributed by atoms with Crippen LogP contribution in [0.25, 0.3) is 33.0 Å². The SMILES string of the molecule is CC1(C)c2ccccc2-c2ccc(-c3ccc4ccc(Br)cc4c3)cc21. The monoisotopic (exact) mass is 398 g/mol. The highest BCUT2D eigenvalue weighted by atomic mass is 79.9. The third-order valence-corrected chi connectivity index (χ3v) is 6.21. The van der Waals surface area contributed by atoms with Crippen LogP contribution in [-0.4, -0.2) is 0 Å². The fraction of sp³-hybridized carbons (Fsp3) is 0.120. The summed E-state index contributed by atoms with van der Waals surface area (Å²) in [6.45, 7) is 4.66. The fourth-order valence-electron chi connectivity index (χ4n) is 4.28. The van der Waals surface area contributed by atoms with Crippen molar-refractivity contribution in [3.8, 4) is 22.3 Å². The molecule has 26 heavy (non-hydrogen) atoms. The third-order valence-electron chi connectivity index (χ3n) is 5.72. The molecular formula is C25H19Br. The van der Waals surface area contributed by atoms with Crippen LogP contribution in [0.5, 0.6) is 0 Å². The van der Waals surface area contributed by atoms with Crippen molar-refractivity contribution >= 4 is 26.7 Å². The average molecular weight is 399 g/mol. The van der Waals surface area contributed by atoms with E-state index in [1.807, 2.05) is 0 Å². The molecule has 0 atom stereocenters. The minimum absolute atomic E-state index is 0.0435. The summed E-state index contributed by atoms with van der Waals surface area (Å²) < 4.78 is 1.12. The van der Waals surface area contributed by atoms with E-state index in [-0.39, 0.29) is 5.41 Å². The number of hydrogen-bond acceptors (Lipinski definition) is 0. The molecule has 0 amide bonds. The minimum atomic E-state index is 0.0435. The Kier molecular flexibility index (Phi) is 3.39. The molecular weight excluding hydrogens is 380 g/mol. The zero-order valence-corrected chi connectivity index (χ0v) is 16.5. The van der Waals surface area contributed by atoms with Gasteiger partial charge in [-0.25, -0.2) is 0 Å². The molecule has 0 spiro atoms. The van der Waals surface area contributed by atoms with E-state index < -0.39 is 0 Å². The molecule has 5 rings (SSSR count). The molecule has 0 heterocycles. The summed E-state index contributed by atoms with van der Waals surface area (Å²) in [5, 5.41) is 2.53. The van der Waals surface area contributed by atoms with E-state index >= 15 is 0 Å². The van der Waals surface area contributed by atoms with Crippen molar-refractivity contribution in [1.82, 2.24) is 0 Å². The Morgan fingerprint density at radius 3 is 2.19 bits per heavy atom. The van der Waals surface area contributed by atoms with Gasteiger partial charge in [0.25, 0.3) is 0 Å². The van der Waals surface area contributed by atoms with E-state index in [1.54, 1.807) is 0 Å². The highest BCUT2D eigenvalue weighted by molar-refractivity contribution is 9.10. The number of halogens is 1. The van der Waals surface area contributed by atoms with Crippen LogP contribution in [0.3, 0.4) is 0 Å². The van der Waals surface area contributed by atoms with Crippen molar-refractivity contribution in [1.29, 1.82) is 0 Å². The molecule has 0 nitrogen and oxygen atoms in total. The van der Waals surface area contributed by atoms with Gasteiger partial charge in [-0.2, -0.15) is 0 Å². The molecule has 4 aromatic rings. The summed E-state index contributed by atoms with van der Waals surface area (Å²) in [6.07, 6.45) is 0. The lowest BCUT2D eigenvalue weighted by atomic mass is 9.81. The lowest BCUT2D eigenvalue weighted by molar-refractivity contribution is 0.660. The zero-order chi connectivity index (χ0) is 17.9. The Balaban J connectivity index is 1.68. The first kappa shape index (κ1) is 15.8. The standard InChI is InChI=1S/C25H19Br/c1-25(2)23-6-4-3-5-21(23)22-12-10-18(15-24(22)25)17-8-7-16-9-11-20(26)14-19(16)13-17/h3-15H,1-2H3. The predicted molar refractivity (Wildman–Crippen MR) is 115 cm³/mol. The first-order valence-electron chi connectivity index (χ1n) is 8.98. The fourth-order valence-corrected chi connectivity index (χ4v) is 4.66. The molecule has 126 valence electrons. The van der Waals surface area contributed by atoms with Crippen LogP contribution in [0.2, 0.25) is 0 Å². The van der Waals surface area contributed by atoms with Crippen molar-refractivity contribution in [2.45, 2.75) is 19.3 Å². The zero-order valence-electron chi connectivity index (χ0n) is 14.9. The Morgan fingerprint density at radius 1 is 0.615 bits per heavy atom. The number of rotatable bonds is 1. The second kappa shape index (κ2) is 5.56. The molecule has 0 unspecified atom stereocenters. The van der Waals surface area contributed by atoms with Gasteiger partial charge in [0.1, 0.15) is 0 Å². The summed E-state index contributed by atoms with van der Waals surface area (Å²) in [5.41, 5.74) is 8.19. The molecule has 1 heteroatoms. The van der Waals surface area contributed by atoms with Crippen LogP contribution in [0.4, 0.5) is 0 Å². The summed E-state index contributed by atoms with van der Waals surface area (Å²) in [7, 11) is 0. The summed E-state index contributed by atoms with van der Waals surface area (Å²) >= 11 is 3.59. The molecule has 4 aromatic carbocycles. The second-order valence-corrected chi connectivity index (χ2v) is 8.55. The third kappa shape index (κ3) is 2.27. The van der Waals surface area contributed by atoms with E-state index in [1.165, 1.54) is 44.2 Å². The maximum Gasteiger partial charge on any atom is 0.0181 e. The van der Waals surface area contributed by atoms with Crippen molar-refractivity contribution in [3.63, 3.8) is 0 Å². The average Bonchev–Trinajstić information content (AvgIpc) is 2.89. The molecule has 1 aliphatic carbocycles. The van der Waals surface area contributed by atoms with Gasteiger partial charge in [-0.1, -0.05) is 84.4 Å². The molecule has 1 aliphatic rings. The van der Waals surface area contributed by atoms with Gasteiger partial charge in [0.15, 0.2) is 0 Å². The van der Waals surface area contributed by atoms with E-state index in [9.17, 15) is 0 Å². The van der Waals surface area contributed by atoms with E-state index in [4.69, 9.17) is 0 Å². The Morgan fingerprint density at radius 2 is 1.31 bits per heavy atom. The van der Waals surface area contributed by atoms with Gasteiger partial charge >= 0.3 is 0 Å². The highest BCUT2D eigenvalue weighted by Gasteiger charge is 2.35. The van der Waals surface area contributed by atoms with E-state index in [0.717, 1.165) is 4.47 Å². The first-order valence-corrected chi connectivity index (χ1v) is 9.77. The Hall–Kier alpha value is -2.38. The molecule has 0 saturated heterocycles. The van der Waals surface area contributed by atoms with Gasteiger partial charge in [-0.05, 0) is 68.4 Å². The maximum absolute atomic E-state index is 3.59. The van der Waals surface area contributed by atoms with Gasteiger partial charge in [-0.3, -0.25) is 0 Å². The normalized spacial score (nSPS) is 14.3. The molecule has 0 fully saturated rings. The molecule has 0 radical (unpaired) electrons. The van der Waals surface area contributed by atoms with Crippen molar-refractivity contribution in [3.05, 3.63) is 94.5 Å². The van der Waals surface area contributed by atoms with Crippen molar-refractivity contribution < 1.29 is 0 Å². The lowest BCUT2D eigenvalue weighted by Gasteiger charge is -2.22. The number of hydrogen-bond donors (Lipinski definition) is 0. The van der Waals surface area contributed by atoms with Crippen LogP contribution in [-0.2, 0) is 5.41 Å². The maximum atomic E-state index is 3.59. The molecule has 0 bridgehead atoms. The van der Waals surface area contributed by atoms with Gasteiger partial charge < -0.3 is 0 Å². The van der Waals surface area contributed by atoms with Gasteiger partial charge in [0.2, 0.25) is 0 Å². The minimum Gasteiger partial charge on any atom is -0.0619 e. The van der Waals surface area contributed by atoms with Gasteiger partial charge in [0, 0.05) is 9.89 Å². The second-order valence-electron chi connectivity index (χ2n) is 7.64. The first-order chi connectivity index (χ1) is 12.5. The van der Waals surface area contributed by atoms with Crippen molar-refractivity contribution in [2.24, 2.45) is 0 Å². The van der Waals surface area contributed by atoms with Gasteiger partial charge in [0.05, 0.1) is 0 Å². The summed E-state index contributed by atoms with van der Waals surface area (Å²) in [6, 6.07) is 28.9. The summed E-state index contributed by atoms with van der Waals surface area (Å²) in [4.78, 5) is 0. The molecule has 0 aliphatic heterocycles. The number of benzene rings is 4. The van der Waals surface area contributed by atoms with Crippen LogP contribution in [0.15, 0.2) is 83.3 Å². The van der Waals surface area contributed by atoms with Crippen molar-refractivity contribution in [2.75, 3.05) is 0 Å². The molecule has 0 N–H and O–H groups in total. The van der Waals surface area contributed by atoms with E-state index in [0.29, 0.717) is 0 Å².